The van der Waals surface area contributed by atoms with Crippen LogP contribution in [0, 0.1) is 11.8 Å². The van der Waals surface area contributed by atoms with Crippen molar-refractivity contribution in [1.29, 1.82) is 0 Å². The van der Waals surface area contributed by atoms with Crippen LogP contribution in [0.3, 0.4) is 0 Å². The maximum Gasteiger partial charge on any atom is -0.0219 e. The maximum absolute atomic E-state index is 2.44. The molecule has 0 saturated carbocycles. The van der Waals surface area contributed by atoms with Gasteiger partial charge in [-0.25, -0.2) is 0 Å². The van der Waals surface area contributed by atoms with Crippen LogP contribution < -0.4 is 0 Å². The summed E-state index contributed by atoms with van der Waals surface area (Å²) in [7, 11) is 0. The molecule has 0 spiro atoms. The summed E-state index contributed by atoms with van der Waals surface area (Å²) in [5.41, 5.74) is 4.72. The SMILES string of the molecule is CC(C)c1ccc2c(c1)CC[C@@H](C(C)C)C2. The van der Waals surface area contributed by atoms with E-state index in [9.17, 15) is 0 Å². The van der Waals surface area contributed by atoms with Gasteiger partial charge in [-0.15, -0.1) is 0 Å². The summed E-state index contributed by atoms with van der Waals surface area (Å²) in [4.78, 5) is 0. The zero-order chi connectivity index (χ0) is 11.7. The third-order valence-corrected chi connectivity index (χ3v) is 4.11. The van der Waals surface area contributed by atoms with E-state index in [0.717, 1.165) is 11.8 Å². The third kappa shape index (κ3) is 2.31. The molecule has 0 unspecified atom stereocenters. The van der Waals surface area contributed by atoms with Crippen molar-refractivity contribution in [2.45, 2.75) is 52.9 Å². The second-order valence-electron chi connectivity index (χ2n) is 5.93. The second kappa shape index (κ2) is 4.61. The van der Waals surface area contributed by atoms with Crippen LogP contribution in [-0.4, -0.2) is 0 Å². The first-order valence-electron chi connectivity index (χ1n) is 6.69. The molecular formula is C16H24. The first-order valence-corrected chi connectivity index (χ1v) is 6.69. The molecule has 0 heterocycles. The molecule has 0 fully saturated rings. The predicted octanol–water partition coefficient (Wildman–Crippen LogP) is 4.57. The number of aryl methyl sites for hydroxylation is 1. The van der Waals surface area contributed by atoms with E-state index in [1.807, 2.05) is 0 Å². The fourth-order valence-corrected chi connectivity index (χ4v) is 2.73. The van der Waals surface area contributed by atoms with Gasteiger partial charge in [0.25, 0.3) is 0 Å². The highest BCUT2D eigenvalue weighted by Gasteiger charge is 2.21. The van der Waals surface area contributed by atoms with E-state index in [0.29, 0.717) is 5.92 Å². The largest absolute Gasteiger partial charge is 0.0625 e. The lowest BCUT2D eigenvalue weighted by atomic mass is 9.77. The average Bonchev–Trinajstić information content (AvgIpc) is 2.27. The lowest BCUT2D eigenvalue weighted by molar-refractivity contribution is 0.343. The van der Waals surface area contributed by atoms with Crippen molar-refractivity contribution in [2.75, 3.05) is 0 Å². The van der Waals surface area contributed by atoms with Crippen LogP contribution >= 0.6 is 0 Å². The Kier molecular flexibility index (Phi) is 3.37. The average molecular weight is 216 g/mol. The van der Waals surface area contributed by atoms with E-state index in [4.69, 9.17) is 0 Å². The van der Waals surface area contributed by atoms with Crippen molar-refractivity contribution in [1.82, 2.24) is 0 Å². The summed E-state index contributed by atoms with van der Waals surface area (Å²) >= 11 is 0. The van der Waals surface area contributed by atoms with E-state index in [1.54, 1.807) is 11.1 Å². The molecule has 0 amide bonds. The van der Waals surface area contributed by atoms with Crippen LogP contribution in [0.5, 0.6) is 0 Å². The van der Waals surface area contributed by atoms with Gasteiger partial charge >= 0.3 is 0 Å². The zero-order valence-corrected chi connectivity index (χ0v) is 11.1. The molecule has 1 aliphatic carbocycles. The van der Waals surface area contributed by atoms with Gasteiger partial charge in [0.2, 0.25) is 0 Å². The van der Waals surface area contributed by atoms with Gasteiger partial charge in [0.15, 0.2) is 0 Å². The molecule has 0 N–H and O–H groups in total. The van der Waals surface area contributed by atoms with Crippen molar-refractivity contribution in [2.24, 2.45) is 11.8 Å². The van der Waals surface area contributed by atoms with Crippen molar-refractivity contribution in [3.05, 3.63) is 34.9 Å². The zero-order valence-electron chi connectivity index (χ0n) is 11.1. The fourth-order valence-electron chi connectivity index (χ4n) is 2.73. The van der Waals surface area contributed by atoms with Gasteiger partial charge in [0.05, 0.1) is 0 Å². The van der Waals surface area contributed by atoms with Crippen molar-refractivity contribution in [3.8, 4) is 0 Å². The van der Waals surface area contributed by atoms with E-state index < -0.39 is 0 Å². The van der Waals surface area contributed by atoms with E-state index >= 15 is 0 Å². The van der Waals surface area contributed by atoms with Gasteiger partial charge < -0.3 is 0 Å². The smallest absolute Gasteiger partial charge is 0.0219 e. The summed E-state index contributed by atoms with van der Waals surface area (Å²) < 4.78 is 0. The molecule has 0 aliphatic heterocycles. The van der Waals surface area contributed by atoms with Crippen LogP contribution in [0.4, 0.5) is 0 Å². The Balaban J connectivity index is 2.22. The Morgan fingerprint density at radius 1 is 1.06 bits per heavy atom. The molecule has 0 heteroatoms. The minimum atomic E-state index is 0.660. The molecule has 0 nitrogen and oxygen atoms in total. The monoisotopic (exact) mass is 216 g/mol. The van der Waals surface area contributed by atoms with E-state index in [2.05, 4.69) is 45.9 Å². The van der Waals surface area contributed by atoms with Crippen molar-refractivity contribution >= 4 is 0 Å². The maximum atomic E-state index is 2.44. The van der Waals surface area contributed by atoms with Gasteiger partial charge in [-0.1, -0.05) is 45.9 Å². The lowest BCUT2D eigenvalue weighted by Gasteiger charge is -2.28. The highest BCUT2D eigenvalue weighted by Crippen LogP contribution is 2.31. The molecule has 0 bridgehead atoms. The van der Waals surface area contributed by atoms with E-state index in [-0.39, 0.29) is 0 Å². The molecule has 0 saturated heterocycles. The molecule has 16 heavy (non-hydrogen) atoms. The van der Waals surface area contributed by atoms with Crippen LogP contribution in [0.1, 0.15) is 56.7 Å². The Bertz CT molecular complexity index is 360. The Morgan fingerprint density at radius 2 is 1.81 bits per heavy atom. The summed E-state index contributed by atoms with van der Waals surface area (Å²) in [5.74, 6) is 2.39. The van der Waals surface area contributed by atoms with Crippen LogP contribution in [0.25, 0.3) is 0 Å². The topological polar surface area (TPSA) is 0 Å². The van der Waals surface area contributed by atoms with Crippen molar-refractivity contribution < 1.29 is 0 Å². The van der Waals surface area contributed by atoms with Gasteiger partial charge in [-0.3, -0.25) is 0 Å². The number of hydrogen-bond donors (Lipinski definition) is 0. The minimum absolute atomic E-state index is 0.660. The molecule has 1 atom stereocenters. The van der Waals surface area contributed by atoms with Gasteiger partial charge in [0, 0.05) is 0 Å². The summed E-state index contributed by atoms with van der Waals surface area (Å²) in [6.45, 7) is 9.28. The van der Waals surface area contributed by atoms with Gasteiger partial charge in [0.1, 0.15) is 0 Å². The highest BCUT2D eigenvalue weighted by atomic mass is 14.3. The summed E-state index contributed by atoms with van der Waals surface area (Å²) in [6.07, 6.45) is 3.97. The first kappa shape index (κ1) is 11.7. The quantitative estimate of drug-likeness (QED) is 0.679. The molecule has 88 valence electrons. The van der Waals surface area contributed by atoms with Crippen molar-refractivity contribution in [3.63, 3.8) is 0 Å². The normalized spacial score (nSPS) is 20.2. The van der Waals surface area contributed by atoms with Crippen LogP contribution in [0.2, 0.25) is 0 Å². The van der Waals surface area contributed by atoms with E-state index in [1.165, 1.54) is 24.8 Å². The van der Waals surface area contributed by atoms with Gasteiger partial charge in [-0.2, -0.15) is 0 Å². The third-order valence-electron chi connectivity index (χ3n) is 4.11. The Morgan fingerprint density at radius 3 is 2.44 bits per heavy atom. The van der Waals surface area contributed by atoms with Crippen LogP contribution in [-0.2, 0) is 12.8 Å². The molecule has 1 aromatic rings. The Hall–Kier alpha value is -0.780. The summed E-state index contributed by atoms with van der Waals surface area (Å²) in [5, 5.41) is 0. The minimum Gasteiger partial charge on any atom is -0.0625 e. The highest BCUT2D eigenvalue weighted by molar-refractivity contribution is 5.35. The lowest BCUT2D eigenvalue weighted by Crippen LogP contribution is -2.19. The van der Waals surface area contributed by atoms with Gasteiger partial charge in [-0.05, 0) is 53.7 Å². The van der Waals surface area contributed by atoms with Crippen LogP contribution in [0.15, 0.2) is 18.2 Å². The second-order valence-corrected chi connectivity index (χ2v) is 5.93. The molecular weight excluding hydrogens is 192 g/mol. The standard InChI is InChI=1S/C16H24/c1-11(2)13-5-7-16-10-14(12(3)4)6-8-15(16)9-13/h5,7,9,11-12,14H,6,8,10H2,1-4H3/t14-/m1/s1. The number of fused-ring (bicyclic) bond motifs is 1. The molecule has 0 aromatic heterocycles. The number of benzene rings is 1. The number of rotatable bonds is 2. The Labute approximate surface area is 100 Å². The molecule has 1 aromatic carbocycles. The molecule has 0 radical (unpaired) electrons. The predicted molar refractivity (Wildman–Crippen MR) is 70.9 cm³/mol. The summed E-state index contributed by atoms with van der Waals surface area (Å²) in [6, 6.07) is 7.14. The first-order chi connectivity index (χ1) is 7.58. The number of hydrogen-bond acceptors (Lipinski definition) is 0. The molecule has 1 aliphatic rings. The fraction of sp³-hybridized carbons (Fsp3) is 0.625. The molecule has 2 rings (SSSR count).